The van der Waals surface area contributed by atoms with E-state index in [9.17, 15) is 4.79 Å². The van der Waals surface area contributed by atoms with Crippen LogP contribution in [0.25, 0.3) is 0 Å². The molecule has 2 rings (SSSR count). The molecule has 2 N–H and O–H groups in total. The quantitative estimate of drug-likeness (QED) is 0.845. The number of amides is 1. The molecule has 4 nitrogen and oxygen atoms in total. The maximum Gasteiger partial charge on any atom is 0.407 e. The number of nitrogens with one attached hydrogen (secondary N) is 2. The monoisotopic (exact) mass is 338 g/mol. The lowest BCUT2D eigenvalue weighted by Gasteiger charge is -2.32. The van der Waals surface area contributed by atoms with Gasteiger partial charge in [-0.05, 0) is 63.5 Å². The molecule has 1 amide bonds. The molecule has 0 aliphatic heterocycles. The highest BCUT2D eigenvalue weighted by Crippen LogP contribution is 2.25. The fraction of sp³-hybridized carbons (Fsp3) is 0.722. The molecule has 2 unspecified atom stereocenters. The molecule has 0 saturated heterocycles. The first-order valence-corrected chi connectivity index (χ1v) is 9.46. The van der Waals surface area contributed by atoms with Crippen molar-refractivity contribution >= 4 is 17.4 Å². The van der Waals surface area contributed by atoms with Crippen LogP contribution in [0.15, 0.2) is 11.4 Å². The van der Waals surface area contributed by atoms with Crippen LogP contribution in [-0.4, -0.2) is 24.3 Å². The van der Waals surface area contributed by atoms with Gasteiger partial charge in [-0.15, -0.1) is 11.3 Å². The molecule has 23 heavy (non-hydrogen) atoms. The Morgan fingerprint density at radius 2 is 2.09 bits per heavy atom. The van der Waals surface area contributed by atoms with Crippen molar-refractivity contribution < 1.29 is 9.53 Å². The molecule has 1 aromatic heterocycles. The molecule has 1 fully saturated rings. The van der Waals surface area contributed by atoms with Gasteiger partial charge in [-0.3, -0.25) is 0 Å². The summed E-state index contributed by atoms with van der Waals surface area (Å²) in [5.41, 5.74) is 0.923. The van der Waals surface area contributed by atoms with Crippen molar-refractivity contribution in [1.82, 2.24) is 10.6 Å². The highest BCUT2D eigenvalue weighted by atomic mass is 32.1. The van der Waals surface area contributed by atoms with E-state index in [0.29, 0.717) is 18.5 Å². The van der Waals surface area contributed by atoms with Crippen LogP contribution < -0.4 is 10.6 Å². The number of aryl methyl sites for hydroxylation is 1. The summed E-state index contributed by atoms with van der Waals surface area (Å²) in [4.78, 5) is 13.3. The van der Waals surface area contributed by atoms with Gasteiger partial charge in [0, 0.05) is 24.0 Å². The minimum absolute atomic E-state index is 0.309. The van der Waals surface area contributed by atoms with E-state index in [4.69, 9.17) is 4.74 Å². The number of carbonyl (C=O) groups excluding carboxylic acids is 1. The minimum Gasteiger partial charge on any atom is -0.444 e. The number of carbonyl (C=O) groups is 1. The highest BCUT2D eigenvalue weighted by molar-refractivity contribution is 7.10. The Balaban J connectivity index is 1.81. The van der Waals surface area contributed by atoms with Crippen LogP contribution in [0.3, 0.4) is 0 Å². The second kappa shape index (κ2) is 8.15. The van der Waals surface area contributed by atoms with Crippen LogP contribution in [0.4, 0.5) is 4.79 Å². The number of ether oxygens (including phenoxy) is 1. The van der Waals surface area contributed by atoms with Gasteiger partial charge in [0.15, 0.2) is 0 Å². The normalized spacial score (nSPS) is 21.9. The van der Waals surface area contributed by atoms with Gasteiger partial charge in [0.25, 0.3) is 0 Å². The lowest BCUT2D eigenvalue weighted by atomic mass is 9.84. The van der Waals surface area contributed by atoms with Crippen molar-refractivity contribution in [2.75, 3.05) is 6.54 Å². The minimum atomic E-state index is -0.439. The first-order valence-electron chi connectivity index (χ1n) is 8.58. The number of hydrogen-bond donors (Lipinski definition) is 2. The van der Waals surface area contributed by atoms with Crippen LogP contribution in [0, 0.1) is 12.8 Å². The maximum atomic E-state index is 11.8. The Morgan fingerprint density at radius 1 is 1.35 bits per heavy atom. The van der Waals surface area contributed by atoms with Crippen molar-refractivity contribution in [3.8, 4) is 0 Å². The van der Waals surface area contributed by atoms with Gasteiger partial charge in [-0.25, -0.2) is 4.79 Å². The smallest absolute Gasteiger partial charge is 0.407 e. The maximum absolute atomic E-state index is 11.8. The van der Waals surface area contributed by atoms with Gasteiger partial charge in [0.2, 0.25) is 0 Å². The highest BCUT2D eigenvalue weighted by Gasteiger charge is 2.26. The molecule has 1 aromatic rings. The fourth-order valence-corrected chi connectivity index (χ4v) is 3.92. The molecule has 1 aliphatic rings. The van der Waals surface area contributed by atoms with Crippen LogP contribution in [-0.2, 0) is 11.3 Å². The van der Waals surface area contributed by atoms with Crippen LogP contribution >= 0.6 is 11.3 Å². The van der Waals surface area contributed by atoms with E-state index < -0.39 is 5.60 Å². The predicted molar refractivity (Wildman–Crippen MR) is 95.9 cm³/mol. The fourth-order valence-electron chi connectivity index (χ4n) is 3.06. The molecular formula is C18H30N2O2S. The Morgan fingerprint density at radius 3 is 2.74 bits per heavy atom. The van der Waals surface area contributed by atoms with Crippen LogP contribution in [0.2, 0.25) is 0 Å². The van der Waals surface area contributed by atoms with Crippen LogP contribution in [0.5, 0.6) is 0 Å². The summed E-state index contributed by atoms with van der Waals surface area (Å²) in [5, 5.41) is 8.80. The first kappa shape index (κ1) is 18.3. The van der Waals surface area contributed by atoms with Gasteiger partial charge < -0.3 is 15.4 Å². The van der Waals surface area contributed by atoms with Crippen molar-refractivity contribution in [1.29, 1.82) is 0 Å². The van der Waals surface area contributed by atoms with E-state index in [-0.39, 0.29) is 6.09 Å². The number of thiophene rings is 1. The van der Waals surface area contributed by atoms with Gasteiger partial charge >= 0.3 is 6.09 Å². The summed E-state index contributed by atoms with van der Waals surface area (Å²) in [7, 11) is 0. The summed E-state index contributed by atoms with van der Waals surface area (Å²) >= 11 is 1.81. The zero-order valence-corrected chi connectivity index (χ0v) is 15.6. The average molecular weight is 339 g/mol. The summed E-state index contributed by atoms with van der Waals surface area (Å²) in [6.45, 7) is 9.45. The predicted octanol–water partition coefficient (Wildman–Crippen LogP) is 4.23. The summed E-state index contributed by atoms with van der Waals surface area (Å²) in [5.74, 6) is 0.483. The standard InChI is InChI=1S/C18H30N2O2S/c1-13-9-10-23-16(13)12-19-15-8-6-5-7-14(15)11-20-17(21)22-18(2,3)4/h9-10,14-15,19H,5-8,11-12H2,1-4H3,(H,20,21). The zero-order chi connectivity index (χ0) is 16.9. The molecule has 0 aromatic carbocycles. The molecule has 1 saturated carbocycles. The number of hydrogen-bond acceptors (Lipinski definition) is 4. The molecule has 0 bridgehead atoms. The van der Waals surface area contributed by atoms with E-state index in [1.54, 1.807) is 0 Å². The third kappa shape index (κ3) is 6.15. The van der Waals surface area contributed by atoms with E-state index >= 15 is 0 Å². The Bertz CT molecular complexity index is 507. The summed E-state index contributed by atoms with van der Waals surface area (Å²) < 4.78 is 5.33. The van der Waals surface area contributed by atoms with Crippen molar-refractivity contribution in [3.63, 3.8) is 0 Å². The first-order chi connectivity index (χ1) is 10.8. The third-order valence-electron chi connectivity index (χ3n) is 4.31. The molecule has 0 radical (unpaired) electrons. The van der Waals surface area contributed by atoms with Crippen molar-refractivity contribution in [2.45, 2.75) is 71.6 Å². The van der Waals surface area contributed by atoms with E-state index in [1.807, 2.05) is 32.1 Å². The Labute approximate surface area is 144 Å². The SMILES string of the molecule is Cc1ccsc1CNC1CCCCC1CNC(=O)OC(C)(C)C. The molecule has 1 heterocycles. The van der Waals surface area contributed by atoms with Gasteiger partial charge in [0.05, 0.1) is 0 Å². The molecular weight excluding hydrogens is 308 g/mol. The molecule has 5 heteroatoms. The average Bonchev–Trinajstić information content (AvgIpc) is 2.87. The third-order valence-corrected chi connectivity index (χ3v) is 5.33. The molecule has 0 spiro atoms. The molecule has 1 aliphatic carbocycles. The van der Waals surface area contributed by atoms with Crippen molar-refractivity contribution in [2.24, 2.45) is 5.92 Å². The van der Waals surface area contributed by atoms with Crippen LogP contribution in [0.1, 0.15) is 56.9 Å². The number of rotatable bonds is 5. The van der Waals surface area contributed by atoms with Gasteiger partial charge in [-0.2, -0.15) is 0 Å². The Hall–Kier alpha value is -1.07. The topological polar surface area (TPSA) is 50.4 Å². The Kier molecular flexibility index (Phi) is 6.48. The van der Waals surface area contributed by atoms with E-state index in [2.05, 4.69) is 29.0 Å². The van der Waals surface area contributed by atoms with E-state index in [1.165, 1.54) is 29.7 Å². The lowest BCUT2D eigenvalue weighted by molar-refractivity contribution is 0.0510. The zero-order valence-electron chi connectivity index (χ0n) is 14.8. The summed E-state index contributed by atoms with van der Waals surface area (Å²) in [6, 6.07) is 2.64. The van der Waals surface area contributed by atoms with Gasteiger partial charge in [-0.1, -0.05) is 12.8 Å². The molecule has 2 atom stereocenters. The second-order valence-electron chi connectivity index (χ2n) is 7.44. The molecule has 130 valence electrons. The largest absolute Gasteiger partial charge is 0.444 e. The van der Waals surface area contributed by atoms with Gasteiger partial charge in [0.1, 0.15) is 5.60 Å². The lowest BCUT2D eigenvalue weighted by Crippen LogP contribution is -2.44. The number of alkyl carbamates (subject to hydrolysis) is 1. The van der Waals surface area contributed by atoms with Crippen molar-refractivity contribution in [3.05, 3.63) is 21.9 Å². The van der Waals surface area contributed by atoms with E-state index in [0.717, 1.165) is 13.0 Å². The summed E-state index contributed by atoms with van der Waals surface area (Å²) in [6.07, 6.45) is 4.55. The second-order valence-corrected chi connectivity index (χ2v) is 8.44.